The van der Waals surface area contributed by atoms with E-state index < -0.39 is 0 Å². The number of benzene rings is 1. The summed E-state index contributed by atoms with van der Waals surface area (Å²) in [5, 5.41) is 22.2. The van der Waals surface area contributed by atoms with Crippen LogP contribution in [0.4, 0.5) is 11.6 Å². The van der Waals surface area contributed by atoms with Crippen LogP contribution in [0.1, 0.15) is 16.9 Å². The molecule has 0 bridgehead atoms. The van der Waals surface area contributed by atoms with E-state index in [-0.39, 0.29) is 6.61 Å². The van der Waals surface area contributed by atoms with Gasteiger partial charge in [0, 0.05) is 85.6 Å². The van der Waals surface area contributed by atoms with E-state index >= 15 is 0 Å². The van der Waals surface area contributed by atoms with Crippen molar-refractivity contribution in [2.45, 2.75) is 13.3 Å². The summed E-state index contributed by atoms with van der Waals surface area (Å²) in [5.74, 6) is 1.26. The van der Waals surface area contributed by atoms with Crippen molar-refractivity contribution in [2.24, 2.45) is 0 Å². The van der Waals surface area contributed by atoms with Gasteiger partial charge in [-0.15, -0.1) is 11.3 Å². The Morgan fingerprint density at radius 1 is 1.07 bits per heavy atom. The summed E-state index contributed by atoms with van der Waals surface area (Å²) in [6.45, 7) is 8.67. The molecule has 1 fully saturated rings. The highest BCUT2D eigenvalue weighted by molar-refractivity contribution is 7.16. The molecule has 1 aliphatic rings. The molecule has 1 aliphatic heterocycles. The maximum atomic E-state index is 9.84. The van der Waals surface area contributed by atoms with E-state index in [1.807, 2.05) is 49.4 Å². The SMILES string of the molecule is Cc1sc(-c2ccnc(Nc3cccc(OCCCN4CCN(CCO)CC4)c3)n2)c(-c2cccnc2)c1C#N. The highest BCUT2D eigenvalue weighted by Crippen LogP contribution is 2.42. The van der Waals surface area contributed by atoms with Crippen molar-refractivity contribution in [3.8, 4) is 33.5 Å². The predicted molar refractivity (Wildman–Crippen MR) is 158 cm³/mol. The number of ether oxygens (including phenoxy) is 1. The number of β-amino-alcohol motifs (C(OH)–C–C–N with tert-alkyl or cyclic N) is 1. The van der Waals surface area contributed by atoms with Gasteiger partial charge in [0.25, 0.3) is 0 Å². The van der Waals surface area contributed by atoms with Crippen LogP contribution in [0.25, 0.3) is 21.7 Å². The first-order chi connectivity index (χ1) is 19.6. The fourth-order valence-corrected chi connectivity index (χ4v) is 5.94. The zero-order chi connectivity index (χ0) is 27.7. The zero-order valence-corrected chi connectivity index (χ0v) is 23.4. The second-order valence-electron chi connectivity index (χ2n) is 9.62. The van der Waals surface area contributed by atoms with Gasteiger partial charge in [-0.2, -0.15) is 5.26 Å². The van der Waals surface area contributed by atoms with Crippen molar-refractivity contribution in [2.75, 3.05) is 57.8 Å². The molecule has 9 nitrogen and oxygen atoms in total. The van der Waals surface area contributed by atoms with Crippen molar-refractivity contribution in [1.82, 2.24) is 24.8 Å². The predicted octanol–water partition coefficient (Wildman–Crippen LogP) is 4.57. The average Bonchev–Trinajstić information content (AvgIpc) is 3.33. The molecule has 2 N–H and O–H groups in total. The minimum atomic E-state index is 0.226. The minimum Gasteiger partial charge on any atom is -0.493 e. The third-order valence-electron chi connectivity index (χ3n) is 6.89. The maximum Gasteiger partial charge on any atom is 0.227 e. The van der Waals surface area contributed by atoms with E-state index in [2.05, 4.69) is 31.2 Å². The number of aliphatic hydroxyl groups excluding tert-OH is 1. The molecule has 0 unspecified atom stereocenters. The standard InChI is InChI=1S/C30H33N7O2S/c1-22-26(20-31)28(23-5-3-9-32-21-23)29(40-22)27-8-10-33-30(35-27)34-24-6-2-7-25(19-24)39-18-4-11-36-12-14-37(15-13-36)16-17-38/h2-3,5-10,19,21,38H,4,11-18H2,1H3,(H,33,34,35). The summed E-state index contributed by atoms with van der Waals surface area (Å²) >= 11 is 1.55. The lowest BCUT2D eigenvalue weighted by molar-refractivity contribution is 0.108. The van der Waals surface area contributed by atoms with Gasteiger partial charge in [0.1, 0.15) is 11.8 Å². The van der Waals surface area contributed by atoms with Crippen LogP contribution in [0.3, 0.4) is 0 Å². The molecule has 1 aromatic carbocycles. The van der Waals surface area contributed by atoms with Crippen LogP contribution in [-0.4, -0.2) is 82.3 Å². The molecule has 4 heterocycles. The molecule has 5 rings (SSSR count). The molecule has 0 aliphatic carbocycles. The third kappa shape index (κ3) is 6.81. The number of aliphatic hydroxyl groups is 1. The van der Waals surface area contributed by atoms with Crippen molar-refractivity contribution >= 4 is 23.0 Å². The number of hydrogen-bond donors (Lipinski definition) is 2. The Bertz CT molecular complexity index is 1450. The van der Waals surface area contributed by atoms with Gasteiger partial charge in [0.2, 0.25) is 5.95 Å². The number of piperazine rings is 1. The summed E-state index contributed by atoms with van der Waals surface area (Å²) in [7, 11) is 0. The molecule has 1 saturated heterocycles. The highest BCUT2D eigenvalue weighted by atomic mass is 32.1. The first-order valence-corrected chi connectivity index (χ1v) is 14.3. The molecule has 0 atom stereocenters. The second kappa shape index (κ2) is 13.5. The van der Waals surface area contributed by atoms with Crippen LogP contribution in [0, 0.1) is 18.3 Å². The van der Waals surface area contributed by atoms with E-state index in [4.69, 9.17) is 14.8 Å². The number of anilines is 2. The lowest BCUT2D eigenvalue weighted by Crippen LogP contribution is -2.47. The third-order valence-corrected chi connectivity index (χ3v) is 8.02. The van der Waals surface area contributed by atoms with E-state index in [9.17, 15) is 5.26 Å². The lowest BCUT2D eigenvalue weighted by atomic mass is 10.0. The first kappa shape index (κ1) is 27.7. The van der Waals surface area contributed by atoms with Crippen LogP contribution in [-0.2, 0) is 0 Å². The first-order valence-electron chi connectivity index (χ1n) is 13.5. The molecular weight excluding hydrogens is 522 g/mol. The van der Waals surface area contributed by atoms with Gasteiger partial charge in [0.15, 0.2) is 0 Å². The van der Waals surface area contributed by atoms with Gasteiger partial charge < -0.3 is 20.1 Å². The largest absolute Gasteiger partial charge is 0.493 e. The molecular formula is C30H33N7O2S. The molecule has 0 spiro atoms. The summed E-state index contributed by atoms with van der Waals surface area (Å²) in [6, 6.07) is 15.9. The number of aromatic nitrogens is 3. The average molecular weight is 556 g/mol. The number of thiophene rings is 1. The number of hydrogen-bond acceptors (Lipinski definition) is 10. The minimum absolute atomic E-state index is 0.226. The van der Waals surface area contributed by atoms with Crippen molar-refractivity contribution in [1.29, 1.82) is 5.26 Å². The quantitative estimate of drug-likeness (QED) is 0.257. The number of nitrogens with zero attached hydrogens (tertiary/aromatic N) is 6. The fourth-order valence-electron chi connectivity index (χ4n) is 4.84. The fraction of sp³-hybridized carbons (Fsp3) is 0.333. The smallest absolute Gasteiger partial charge is 0.227 e. The summed E-state index contributed by atoms with van der Waals surface area (Å²) < 4.78 is 6.04. The van der Waals surface area contributed by atoms with E-state index in [1.165, 1.54) is 0 Å². The lowest BCUT2D eigenvalue weighted by Gasteiger charge is -2.34. The normalized spacial score (nSPS) is 14.1. The number of aryl methyl sites for hydroxylation is 1. The Kier molecular flexibility index (Phi) is 9.31. The summed E-state index contributed by atoms with van der Waals surface area (Å²) in [6.07, 6.45) is 6.17. The molecule has 10 heteroatoms. The van der Waals surface area contributed by atoms with Crippen molar-refractivity contribution in [3.63, 3.8) is 0 Å². The molecule has 3 aromatic heterocycles. The maximum absolute atomic E-state index is 9.84. The highest BCUT2D eigenvalue weighted by Gasteiger charge is 2.20. The van der Waals surface area contributed by atoms with Crippen molar-refractivity contribution < 1.29 is 9.84 Å². The summed E-state index contributed by atoms with van der Waals surface area (Å²) in [5.41, 5.74) is 3.97. The second-order valence-corrected chi connectivity index (χ2v) is 10.8. The van der Waals surface area contributed by atoms with Gasteiger partial charge in [-0.25, -0.2) is 9.97 Å². The van der Waals surface area contributed by atoms with Gasteiger partial charge in [-0.3, -0.25) is 9.88 Å². The monoisotopic (exact) mass is 555 g/mol. The van der Waals surface area contributed by atoms with Gasteiger partial charge >= 0.3 is 0 Å². The van der Waals surface area contributed by atoms with Crippen LogP contribution >= 0.6 is 11.3 Å². The Morgan fingerprint density at radius 3 is 2.65 bits per heavy atom. The van der Waals surface area contributed by atoms with E-state index in [0.717, 1.165) is 83.7 Å². The molecule has 0 amide bonds. The Hall–Kier alpha value is -3.88. The van der Waals surface area contributed by atoms with Crippen LogP contribution < -0.4 is 10.1 Å². The Morgan fingerprint density at radius 2 is 1.90 bits per heavy atom. The van der Waals surface area contributed by atoms with Gasteiger partial charge in [-0.1, -0.05) is 12.1 Å². The van der Waals surface area contributed by atoms with Crippen LogP contribution in [0.15, 0.2) is 61.1 Å². The number of pyridine rings is 1. The Labute approximate surface area is 238 Å². The van der Waals surface area contributed by atoms with E-state index in [0.29, 0.717) is 18.1 Å². The molecule has 40 heavy (non-hydrogen) atoms. The topological polar surface area (TPSA) is 110 Å². The zero-order valence-electron chi connectivity index (χ0n) is 22.6. The number of nitriles is 1. The van der Waals surface area contributed by atoms with Crippen LogP contribution in [0.5, 0.6) is 5.75 Å². The van der Waals surface area contributed by atoms with Gasteiger partial charge in [-0.05, 0) is 37.6 Å². The van der Waals surface area contributed by atoms with Crippen LogP contribution in [0.2, 0.25) is 0 Å². The number of nitrogens with one attached hydrogen (secondary N) is 1. The van der Waals surface area contributed by atoms with Gasteiger partial charge in [0.05, 0.1) is 29.3 Å². The van der Waals surface area contributed by atoms with E-state index in [1.54, 1.807) is 29.9 Å². The number of rotatable bonds is 11. The van der Waals surface area contributed by atoms with Crippen molar-refractivity contribution in [3.05, 3.63) is 71.5 Å². The molecule has 4 aromatic rings. The molecule has 0 saturated carbocycles. The molecule has 0 radical (unpaired) electrons. The molecule has 206 valence electrons. The summed E-state index contributed by atoms with van der Waals surface area (Å²) in [4.78, 5) is 20.1. The Balaban J connectivity index is 1.22.